The van der Waals surface area contributed by atoms with E-state index in [1.165, 1.54) is 5.56 Å². The molecule has 0 saturated carbocycles. The standard InChI is InChI=1S/C14H19N3/c1-14(2)11-17(8-5-13(14)9-15)10-12-3-6-16-7-4-12/h3-4,6-7,13H,5,8,10-11H2,1-2H3. The summed E-state index contributed by atoms with van der Waals surface area (Å²) in [6, 6.07) is 6.56. The Kier molecular flexibility index (Phi) is 3.44. The molecule has 1 fully saturated rings. The first kappa shape index (κ1) is 12.1. The van der Waals surface area contributed by atoms with Crippen LogP contribution in [0.5, 0.6) is 0 Å². The molecule has 2 heterocycles. The maximum Gasteiger partial charge on any atom is 0.0662 e. The number of hydrogen-bond donors (Lipinski definition) is 0. The highest BCUT2D eigenvalue weighted by Crippen LogP contribution is 2.34. The maximum atomic E-state index is 9.13. The van der Waals surface area contributed by atoms with E-state index < -0.39 is 0 Å². The lowest BCUT2D eigenvalue weighted by atomic mass is 9.74. The molecule has 1 unspecified atom stereocenters. The number of nitrogens with zero attached hydrogens (tertiary/aromatic N) is 3. The van der Waals surface area contributed by atoms with E-state index in [2.05, 4.69) is 41.9 Å². The minimum Gasteiger partial charge on any atom is -0.298 e. The quantitative estimate of drug-likeness (QED) is 0.782. The SMILES string of the molecule is CC1(C)CN(Cc2ccncc2)CCC1C#N. The highest BCUT2D eigenvalue weighted by molar-refractivity contribution is 5.10. The van der Waals surface area contributed by atoms with Crippen LogP contribution in [0.1, 0.15) is 25.8 Å². The smallest absolute Gasteiger partial charge is 0.0662 e. The molecule has 0 N–H and O–H groups in total. The molecule has 0 aliphatic carbocycles. The van der Waals surface area contributed by atoms with E-state index in [1.54, 1.807) is 0 Å². The van der Waals surface area contributed by atoms with Gasteiger partial charge < -0.3 is 0 Å². The predicted molar refractivity (Wildman–Crippen MR) is 67.0 cm³/mol. The molecule has 0 radical (unpaired) electrons. The molecule has 90 valence electrons. The summed E-state index contributed by atoms with van der Waals surface area (Å²) in [6.45, 7) is 7.36. The average molecular weight is 229 g/mol. The van der Waals surface area contributed by atoms with Crippen molar-refractivity contribution in [2.24, 2.45) is 11.3 Å². The fourth-order valence-corrected chi connectivity index (χ4v) is 2.59. The molecule has 0 aromatic carbocycles. The summed E-state index contributed by atoms with van der Waals surface area (Å²) < 4.78 is 0. The summed E-state index contributed by atoms with van der Waals surface area (Å²) in [5.74, 6) is 0.191. The van der Waals surface area contributed by atoms with Crippen LogP contribution in [0, 0.1) is 22.7 Å². The van der Waals surface area contributed by atoms with Gasteiger partial charge in [0.1, 0.15) is 0 Å². The van der Waals surface area contributed by atoms with Crippen LogP contribution in [-0.2, 0) is 6.54 Å². The lowest BCUT2D eigenvalue weighted by Gasteiger charge is -2.41. The zero-order chi connectivity index (χ0) is 12.3. The Morgan fingerprint density at radius 2 is 2.18 bits per heavy atom. The topological polar surface area (TPSA) is 39.9 Å². The Labute approximate surface area is 103 Å². The van der Waals surface area contributed by atoms with Gasteiger partial charge in [0.2, 0.25) is 0 Å². The van der Waals surface area contributed by atoms with Crippen molar-refractivity contribution in [3.8, 4) is 6.07 Å². The van der Waals surface area contributed by atoms with Crippen LogP contribution in [0.15, 0.2) is 24.5 Å². The second kappa shape index (κ2) is 4.85. The number of hydrogen-bond acceptors (Lipinski definition) is 3. The van der Waals surface area contributed by atoms with E-state index in [9.17, 15) is 0 Å². The fraction of sp³-hybridized carbons (Fsp3) is 0.571. The van der Waals surface area contributed by atoms with Gasteiger partial charge in [-0.25, -0.2) is 0 Å². The average Bonchev–Trinajstić information content (AvgIpc) is 2.29. The highest BCUT2D eigenvalue weighted by Gasteiger charge is 2.35. The molecule has 0 bridgehead atoms. The minimum absolute atomic E-state index is 0.0973. The molecule has 1 aromatic heterocycles. The molecule has 1 aliphatic heterocycles. The van der Waals surface area contributed by atoms with Gasteiger partial charge in [0, 0.05) is 25.5 Å². The fourth-order valence-electron chi connectivity index (χ4n) is 2.59. The van der Waals surface area contributed by atoms with Crippen LogP contribution in [0.2, 0.25) is 0 Å². The molecule has 3 nitrogen and oxygen atoms in total. The number of piperidine rings is 1. The molecule has 1 aliphatic rings. The second-order valence-corrected chi connectivity index (χ2v) is 5.53. The number of nitriles is 1. The van der Waals surface area contributed by atoms with Crippen LogP contribution in [-0.4, -0.2) is 23.0 Å². The summed E-state index contributed by atoms with van der Waals surface area (Å²) in [4.78, 5) is 6.46. The zero-order valence-corrected chi connectivity index (χ0v) is 10.6. The van der Waals surface area contributed by atoms with Crippen molar-refractivity contribution in [1.29, 1.82) is 5.26 Å². The van der Waals surface area contributed by atoms with Gasteiger partial charge in [0.05, 0.1) is 12.0 Å². The normalized spacial score (nSPS) is 24.2. The number of aromatic nitrogens is 1. The second-order valence-electron chi connectivity index (χ2n) is 5.53. The lowest BCUT2D eigenvalue weighted by Crippen LogP contribution is -2.44. The van der Waals surface area contributed by atoms with Gasteiger partial charge in [-0.2, -0.15) is 5.26 Å². The van der Waals surface area contributed by atoms with Crippen LogP contribution in [0.4, 0.5) is 0 Å². The largest absolute Gasteiger partial charge is 0.298 e. The summed E-state index contributed by atoms with van der Waals surface area (Å²) >= 11 is 0. The Balaban J connectivity index is 2.00. The third-order valence-electron chi connectivity index (χ3n) is 3.62. The predicted octanol–water partition coefficient (Wildman–Crippen LogP) is 2.45. The van der Waals surface area contributed by atoms with Crippen LogP contribution in [0.3, 0.4) is 0 Å². The van der Waals surface area contributed by atoms with Gasteiger partial charge in [-0.1, -0.05) is 13.8 Å². The third-order valence-corrected chi connectivity index (χ3v) is 3.62. The van der Waals surface area contributed by atoms with Crippen molar-refractivity contribution in [3.63, 3.8) is 0 Å². The van der Waals surface area contributed by atoms with Gasteiger partial charge in [-0.3, -0.25) is 9.88 Å². The molecular weight excluding hydrogens is 210 g/mol. The van der Waals surface area contributed by atoms with Gasteiger partial charge in [-0.15, -0.1) is 0 Å². The van der Waals surface area contributed by atoms with E-state index in [1.807, 2.05) is 12.4 Å². The van der Waals surface area contributed by atoms with Gasteiger partial charge in [0.15, 0.2) is 0 Å². The summed E-state index contributed by atoms with van der Waals surface area (Å²) in [7, 11) is 0. The van der Waals surface area contributed by atoms with Crippen molar-refractivity contribution in [2.75, 3.05) is 13.1 Å². The van der Waals surface area contributed by atoms with E-state index in [0.29, 0.717) is 0 Å². The van der Waals surface area contributed by atoms with E-state index in [4.69, 9.17) is 5.26 Å². The zero-order valence-electron chi connectivity index (χ0n) is 10.6. The van der Waals surface area contributed by atoms with Crippen molar-refractivity contribution >= 4 is 0 Å². The first-order valence-electron chi connectivity index (χ1n) is 6.13. The van der Waals surface area contributed by atoms with Gasteiger partial charge in [-0.05, 0) is 36.1 Å². The lowest BCUT2D eigenvalue weighted by molar-refractivity contribution is 0.0770. The molecule has 1 atom stereocenters. The third kappa shape index (κ3) is 2.83. The number of pyridine rings is 1. The van der Waals surface area contributed by atoms with Gasteiger partial charge in [0.25, 0.3) is 0 Å². The van der Waals surface area contributed by atoms with Crippen LogP contribution < -0.4 is 0 Å². The summed E-state index contributed by atoms with van der Waals surface area (Å²) in [5.41, 5.74) is 1.39. The van der Waals surface area contributed by atoms with Crippen molar-refractivity contribution in [3.05, 3.63) is 30.1 Å². The minimum atomic E-state index is 0.0973. The first-order valence-corrected chi connectivity index (χ1v) is 6.13. The van der Waals surface area contributed by atoms with Crippen molar-refractivity contribution in [2.45, 2.75) is 26.8 Å². The molecule has 2 rings (SSSR count). The molecule has 17 heavy (non-hydrogen) atoms. The van der Waals surface area contributed by atoms with Crippen molar-refractivity contribution in [1.82, 2.24) is 9.88 Å². The Morgan fingerprint density at radius 3 is 2.76 bits per heavy atom. The van der Waals surface area contributed by atoms with Crippen LogP contribution >= 0.6 is 0 Å². The van der Waals surface area contributed by atoms with Crippen LogP contribution in [0.25, 0.3) is 0 Å². The first-order chi connectivity index (χ1) is 8.12. The summed E-state index contributed by atoms with van der Waals surface area (Å²) in [5, 5.41) is 9.13. The van der Waals surface area contributed by atoms with E-state index in [-0.39, 0.29) is 11.3 Å². The highest BCUT2D eigenvalue weighted by atomic mass is 15.1. The van der Waals surface area contributed by atoms with Crippen molar-refractivity contribution < 1.29 is 0 Å². The van der Waals surface area contributed by atoms with Gasteiger partial charge >= 0.3 is 0 Å². The monoisotopic (exact) mass is 229 g/mol. The summed E-state index contributed by atoms with van der Waals surface area (Å²) in [6.07, 6.45) is 4.65. The van der Waals surface area contributed by atoms with E-state index in [0.717, 1.165) is 26.1 Å². The Morgan fingerprint density at radius 1 is 1.47 bits per heavy atom. The molecule has 1 aromatic rings. The van der Waals surface area contributed by atoms with E-state index >= 15 is 0 Å². The number of rotatable bonds is 2. The molecule has 3 heteroatoms. The molecule has 0 spiro atoms. The molecular formula is C14H19N3. The molecule has 0 amide bonds. The maximum absolute atomic E-state index is 9.13. The number of likely N-dealkylation sites (tertiary alicyclic amines) is 1. The molecule has 1 saturated heterocycles. The Bertz CT molecular complexity index is 405. The Hall–Kier alpha value is -1.40.